The van der Waals surface area contributed by atoms with Crippen molar-refractivity contribution in [1.82, 2.24) is 5.32 Å². The molecule has 0 radical (unpaired) electrons. The van der Waals surface area contributed by atoms with Gasteiger partial charge in [0.05, 0.1) is 0 Å². The van der Waals surface area contributed by atoms with Crippen LogP contribution >= 0.6 is 0 Å². The summed E-state index contributed by atoms with van der Waals surface area (Å²) in [6, 6.07) is 9.12. The Morgan fingerprint density at radius 1 is 1.21 bits per heavy atom. The lowest BCUT2D eigenvalue weighted by Gasteiger charge is -2.42. The molecular weight excluding hydrogens is 236 g/mol. The standard InChI is InChI=1S/C14H19N.C2H5NO/c1-2-6-13-12(4-1)5-3-7-14(13)8-10-15-11-9-14;1-2(3)4/h1-2,4,6,15H,3,5,7-11H2;1H3,(H2,3,4). The van der Waals surface area contributed by atoms with Gasteiger partial charge >= 0.3 is 0 Å². The van der Waals surface area contributed by atoms with Crippen LogP contribution in [-0.4, -0.2) is 19.0 Å². The number of hydrogen-bond donors (Lipinski definition) is 2. The SMILES string of the molecule is CC(N)=O.c1ccc2c(c1)CCCC21CCNCC1. The second-order valence-electron chi connectivity index (χ2n) is 5.65. The number of nitrogens with two attached hydrogens (primary N) is 1. The second kappa shape index (κ2) is 6.20. The largest absolute Gasteiger partial charge is 0.370 e. The maximum atomic E-state index is 9.22. The van der Waals surface area contributed by atoms with Crippen molar-refractivity contribution >= 4 is 5.91 Å². The van der Waals surface area contributed by atoms with E-state index in [2.05, 4.69) is 35.3 Å². The van der Waals surface area contributed by atoms with Crippen molar-refractivity contribution in [2.45, 2.75) is 44.4 Å². The fourth-order valence-corrected chi connectivity index (χ4v) is 3.43. The van der Waals surface area contributed by atoms with E-state index >= 15 is 0 Å². The summed E-state index contributed by atoms with van der Waals surface area (Å²) < 4.78 is 0. The third kappa shape index (κ3) is 3.35. The van der Waals surface area contributed by atoms with E-state index in [-0.39, 0.29) is 5.91 Å². The summed E-state index contributed by atoms with van der Waals surface area (Å²) in [5.41, 5.74) is 8.28. The van der Waals surface area contributed by atoms with E-state index in [4.69, 9.17) is 0 Å². The van der Waals surface area contributed by atoms with Gasteiger partial charge in [-0.3, -0.25) is 4.79 Å². The van der Waals surface area contributed by atoms with Crippen LogP contribution < -0.4 is 11.1 Å². The first-order chi connectivity index (χ1) is 9.14. The Bertz CT molecular complexity index is 432. The molecule has 1 aromatic carbocycles. The number of hydrogen-bond acceptors (Lipinski definition) is 2. The Balaban J connectivity index is 0.000000297. The molecule has 104 valence electrons. The van der Waals surface area contributed by atoms with Crippen LogP contribution in [0.15, 0.2) is 24.3 Å². The summed E-state index contributed by atoms with van der Waals surface area (Å²) in [5.74, 6) is -0.333. The van der Waals surface area contributed by atoms with Crippen LogP contribution in [0.3, 0.4) is 0 Å². The van der Waals surface area contributed by atoms with Gasteiger partial charge in [0.15, 0.2) is 0 Å². The van der Waals surface area contributed by atoms with Gasteiger partial charge in [-0.2, -0.15) is 0 Å². The number of aryl methyl sites for hydroxylation is 1. The average Bonchev–Trinajstić information content (AvgIpc) is 2.40. The van der Waals surface area contributed by atoms with Crippen LogP contribution in [0.2, 0.25) is 0 Å². The van der Waals surface area contributed by atoms with E-state index in [0.29, 0.717) is 5.41 Å². The van der Waals surface area contributed by atoms with E-state index in [0.717, 1.165) is 0 Å². The fourth-order valence-electron chi connectivity index (χ4n) is 3.43. The number of fused-ring (bicyclic) bond motifs is 2. The lowest BCUT2D eigenvalue weighted by molar-refractivity contribution is -0.115. The Morgan fingerprint density at radius 2 is 1.84 bits per heavy atom. The van der Waals surface area contributed by atoms with Crippen molar-refractivity contribution in [3.05, 3.63) is 35.4 Å². The van der Waals surface area contributed by atoms with Gasteiger partial charge < -0.3 is 11.1 Å². The first kappa shape index (κ1) is 14.1. The second-order valence-corrected chi connectivity index (χ2v) is 5.65. The molecule has 3 heteroatoms. The minimum absolute atomic E-state index is 0.333. The summed E-state index contributed by atoms with van der Waals surface area (Å²) in [6.07, 6.45) is 6.77. The molecule has 1 spiro atoms. The molecule has 1 heterocycles. The first-order valence-electron chi connectivity index (χ1n) is 7.19. The molecule has 1 aliphatic carbocycles. The van der Waals surface area contributed by atoms with E-state index in [9.17, 15) is 4.79 Å². The number of carbonyl (C=O) groups is 1. The van der Waals surface area contributed by atoms with E-state index in [1.807, 2.05) is 0 Å². The molecule has 1 amide bonds. The van der Waals surface area contributed by atoms with Crippen molar-refractivity contribution in [1.29, 1.82) is 0 Å². The van der Waals surface area contributed by atoms with Crippen molar-refractivity contribution in [2.24, 2.45) is 5.73 Å². The summed E-state index contributed by atoms with van der Waals surface area (Å²) in [7, 11) is 0. The van der Waals surface area contributed by atoms with E-state index in [1.54, 1.807) is 11.1 Å². The normalized spacial score (nSPS) is 20.1. The highest BCUT2D eigenvalue weighted by molar-refractivity contribution is 5.70. The van der Waals surface area contributed by atoms with Crippen LogP contribution in [-0.2, 0) is 16.6 Å². The third-order valence-corrected chi connectivity index (χ3v) is 4.25. The number of amides is 1. The van der Waals surface area contributed by atoms with Crippen LogP contribution in [0.5, 0.6) is 0 Å². The van der Waals surface area contributed by atoms with Crippen LogP contribution in [0.25, 0.3) is 0 Å². The zero-order valence-corrected chi connectivity index (χ0v) is 11.7. The topological polar surface area (TPSA) is 55.1 Å². The molecule has 1 saturated heterocycles. The highest BCUT2D eigenvalue weighted by atomic mass is 16.1. The summed E-state index contributed by atoms with van der Waals surface area (Å²) in [4.78, 5) is 9.22. The van der Waals surface area contributed by atoms with Gasteiger partial charge in [0.25, 0.3) is 0 Å². The van der Waals surface area contributed by atoms with Gasteiger partial charge in [0.1, 0.15) is 0 Å². The highest BCUT2D eigenvalue weighted by Crippen LogP contribution is 2.43. The Morgan fingerprint density at radius 3 is 2.53 bits per heavy atom. The molecule has 0 unspecified atom stereocenters. The Hall–Kier alpha value is -1.35. The molecule has 1 aromatic rings. The molecule has 1 aliphatic heterocycles. The number of carbonyl (C=O) groups excluding carboxylic acids is 1. The van der Waals surface area contributed by atoms with Crippen LogP contribution in [0.1, 0.15) is 43.7 Å². The number of primary amides is 1. The Kier molecular flexibility index (Phi) is 4.59. The molecule has 3 nitrogen and oxygen atoms in total. The van der Waals surface area contributed by atoms with Gasteiger partial charge in [0.2, 0.25) is 5.91 Å². The van der Waals surface area contributed by atoms with Crippen molar-refractivity contribution < 1.29 is 4.79 Å². The zero-order valence-electron chi connectivity index (χ0n) is 11.7. The zero-order chi connectivity index (χ0) is 13.7. The van der Waals surface area contributed by atoms with Gasteiger partial charge in [-0.05, 0) is 61.7 Å². The molecule has 2 aliphatic rings. The van der Waals surface area contributed by atoms with Crippen LogP contribution in [0.4, 0.5) is 0 Å². The lowest BCUT2D eigenvalue weighted by Crippen LogP contribution is -2.41. The van der Waals surface area contributed by atoms with Crippen molar-refractivity contribution in [2.75, 3.05) is 13.1 Å². The number of rotatable bonds is 0. The molecule has 0 atom stereocenters. The predicted molar refractivity (Wildman–Crippen MR) is 78.0 cm³/mol. The lowest BCUT2D eigenvalue weighted by atomic mass is 9.65. The molecule has 0 aromatic heterocycles. The molecular formula is C16H24N2O. The summed E-state index contributed by atoms with van der Waals surface area (Å²) >= 11 is 0. The molecule has 1 fully saturated rings. The van der Waals surface area contributed by atoms with Crippen LogP contribution in [0, 0.1) is 0 Å². The quantitative estimate of drug-likeness (QED) is 0.751. The minimum atomic E-state index is -0.333. The molecule has 3 N–H and O–H groups in total. The van der Waals surface area contributed by atoms with Gasteiger partial charge in [-0.1, -0.05) is 24.3 Å². The number of benzene rings is 1. The minimum Gasteiger partial charge on any atom is -0.370 e. The average molecular weight is 260 g/mol. The molecule has 3 rings (SSSR count). The molecule has 0 saturated carbocycles. The highest BCUT2D eigenvalue weighted by Gasteiger charge is 2.36. The molecule has 19 heavy (non-hydrogen) atoms. The van der Waals surface area contributed by atoms with E-state index < -0.39 is 0 Å². The van der Waals surface area contributed by atoms with Gasteiger partial charge in [-0.25, -0.2) is 0 Å². The summed E-state index contributed by atoms with van der Waals surface area (Å²) in [6.45, 7) is 3.71. The first-order valence-corrected chi connectivity index (χ1v) is 7.19. The smallest absolute Gasteiger partial charge is 0.214 e. The van der Waals surface area contributed by atoms with Crippen molar-refractivity contribution in [3.63, 3.8) is 0 Å². The number of nitrogens with one attached hydrogen (secondary N) is 1. The predicted octanol–water partition coefficient (Wildman–Crippen LogP) is 2.14. The van der Waals surface area contributed by atoms with E-state index in [1.165, 1.54) is 52.1 Å². The van der Waals surface area contributed by atoms with Gasteiger partial charge in [0, 0.05) is 6.92 Å². The monoisotopic (exact) mass is 260 g/mol. The van der Waals surface area contributed by atoms with Gasteiger partial charge in [-0.15, -0.1) is 0 Å². The Labute approximate surface area is 115 Å². The maximum Gasteiger partial charge on any atom is 0.214 e. The number of piperidine rings is 1. The van der Waals surface area contributed by atoms with Crippen molar-refractivity contribution in [3.8, 4) is 0 Å². The molecule has 0 bridgehead atoms. The fraction of sp³-hybridized carbons (Fsp3) is 0.562. The summed E-state index contributed by atoms with van der Waals surface area (Å²) in [5, 5.41) is 3.49. The maximum absolute atomic E-state index is 9.22. The third-order valence-electron chi connectivity index (χ3n) is 4.25.